The number of rotatable bonds is 4. The molecule has 32 heavy (non-hydrogen) atoms. The number of nitrogens with zero attached hydrogens (tertiary/aromatic N) is 4. The van der Waals surface area contributed by atoms with Crippen LogP contribution in [-0.4, -0.2) is 49.2 Å². The van der Waals surface area contributed by atoms with Gasteiger partial charge < -0.3 is 19.7 Å². The molecule has 5 rings (SSSR count). The van der Waals surface area contributed by atoms with Crippen LogP contribution in [0.4, 0.5) is 4.39 Å². The minimum atomic E-state index is -1.08. The Bertz CT molecular complexity index is 1180. The van der Waals surface area contributed by atoms with E-state index in [2.05, 4.69) is 20.5 Å². The number of hydrogen-bond acceptors (Lipinski definition) is 7. The van der Waals surface area contributed by atoms with Crippen LogP contribution in [0.1, 0.15) is 25.7 Å². The highest BCUT2D eigenvalue weighted by molar-refractivity contribution is 5.72. The van der Waals surface area contributed by atoms with Gasteiger partial charge in [0.25, 0.3) is 0 Å². The Morgan fingerprint density at radius 2 is 2.03 bits per heavy atom. The number of piperidine rings is 2. The van der Waals surface area contributed by atoms with Crippen molar-refractivity contribution in [3.05, 3.63) is 53.1 Å². The molecule has 2 saturated heterocycles. The van der Waals surface area contributed by atoms with E-state index in [1.54, 1.807) is 43.6 Å². The molecule has 4 atom stereocenters. The van der Waals surface area contributed by atoms with Gasteiger partial charge in [-0.1, -0.05) is 12.5 Å². The highest BCUT2D eigenvalue weighted by atomic mass is 19.1. The second-order valence-corrected chi connectivity index (χ2v) is 8.43. The molecule has 4 heterocycles. The molecule has 9 heteroatoms. The van der Waals surface area contributed by atoms with Gasteiger partial charge >= 0.3 is 5.69 Å². The Morgan fingerprint density at radius 1 is 1.16 bits per heavy atom. The lowest BCUT2D eigenvalue weighted by Gasteiger charge is -2.42. The summed E-state index contributed by atoms with van der Waals surface area (Å²) < 4.78 is 21.9. The van der Waals surface area contributed by atoms with Crippen LogP contribution in [0.5, 0.6) is 11.6 Å². The number of nitrogens with one attached hydrogen (secondary N) is 1. The topological polar surface area (TPSA) is 102 Å². The average Bonchev–Trinajstić information content (AvgIpc) is 2.80. The second-order valence-electron chi connectivity index (χ2n) is 8.43. The third-order valence-electron chi connectivity index (χ3n) is 6.23. The van der Waals surface area contributed by atoms with Crippen molar-refractivity contribution in [2.75, 3.05) is 0 Å². The van der Waals surface area contributed by atoms with Crippen molar-refractivity contribution in [2.24, 2.45) is 7.05 Å². The maximum Gasteiger partial charge on any atom is 0.347 e. The van der Waals surface area contributed by atoms with Crippen molar-refractivity contribution in [3.63, 3.8) is 0 Å². The van der Waals surface area contributed by atoms with Crippen molar-refractivity contribution in [3.8, 4) is 34.1 Å². The van der Waals surface area contributed by atoms with Gasteiger partial charge in [-0.15, -0.1) is 10.2 Å². The van der Waals surface area contributed by atoms with E-state index in [4.69, 9.17) is 4.74 Å². The first-order valence-corrected chi connectivity index (χ1v) is 10.8. The maximum absolute atomic E-state index is 14.7. The van der Waals surface area contributed by atoms with E-state index in [1.165, 1.54) is 10.6 Å². The number of alkyl halides is 1. The summed E-state index contributed by atoms with van der Waals surface area (Å²) in [6.07, 6.45) is 3.53. The zero-order valence-corrected chi connectivity index (χ0v) is 17.6. The number of aromatic nitrogens is 4. The quantitative estimate of drug-likeness (QED) is 0.647. The first-order valence-electron chi connectivity index (χ1n) is 10.8. The Morgan fingerprint density at radius 3 is 2.78 bits per heavy atom. The molecule has 0 aliphatic carbocycles. The van der Waals surface area contributed by atoms with Crippen molar-refractivity contribution in [1.29, 1.82) is 0 Å². The number of halogens is 1. The van der Waals surface area contributed by atoms with Crippen LogP contribution < -0.4 is 15.7 Å². The molecule has 0 radical (unpaired) electrons. The zero-order chi connectivity index (χ0) is 22.2. The van der Waals surface area contributed by atoms with E-state index in [1.807, 2.05) is 0 Å². The van der Waals surface area contributed by atoms with Crippen LogP contribution in [0.2, 0.25) is 0 Å². The minimum Gasteiger partial charge on any atom is -0.507 e. The van der Waals surface area contributed by atoms with E-state index in [0.29, 0.717) is 28.9 Å². The number of ether oxygens (including phenoxy) is 1. The Labute approximate surface area is 184 Å². The molecule has 3 aromatic rings. The van der Waals surface area contributed by atoms with Gasteiger partial charge in [0.1, 0.15) is 11.9 Å². The molecule has 2 fully saturated rings. The monoisotopic (exact) mass is 437 g/mol. The summed E-state index contributed by atoms with van der Waals surface area (Å²) in [5.74, 6) is 0.254. The normalized spacial score (nSPS) is 24.8. The molecular formula is C23H24FN5O3. The predicted molar refractivity (Wildman–Crippen MR) is 116 cm³/mol. The van der Waals surface area contributed by atoms with Gasteiger partial charge in [0.2, 0.25) is 5.88 Å². The smallest absolute Gasteiger partial charge is 0.347 e. The van der Waals surface area contributed by atoms with Gasteiger partial charge in [0.05, 0.1) is 11.4 Å². The van der Waals surface area contributed by atoms with E-state index in [-0.39, 0.29) is 29.4 Å². The summed E-state index contributed by atoms with van der Waals surface area (Å²) in [5, 5.41) is 22.1. The standard InChI is InChI=1S/C23H24FN5O3/c1-29-10-9-16(26-23(29)31)13-5-6-15(19(30)11-13)17-7-8-21(28-27-17)32-20-12-14-3-2-4-18(25-14)22(20)24/h5-11,14,18,20,22,25,30H,2-4,12H2,1H3/t14-,18+,20-,22+/m1/s1. The van der Waals surface area contributed by atoms with Crippen LogP contribution in [-0.2, 0) is 7.05 Å². The van der Waals surface area contributed by atoms with Crippen LogP contribution in [0.25, 0.3) is 22.5 Å². The van der Waals surface area contributed by atoms with Crippen LogP contribution in [0, 0.1) is 0 Å². The highest BCUT2D eigenvalue weighted by Crippen LogP contribution is 2.33. The van der Waals surface area contributed by atoms with Crippen LogP contribution >= 0.6 is 0 Å². The van der Waals surface area contributed by atoms with E-state index < -0.39 is 12.3 Å². The van der Waals surface area contributed by atoms with Gasteiger partial charge in [-0.05, 0) is 37.1 Å². The highest BCUT2D eigenvalue weighted by Gasteiger charge is 2.41. The lowest BCUT2D eigenvalue weighted by atomic mass is 9.84. The Kier molecular flexibility index (Phi) is 5.34. The fourth-order valence-corrected chi connectivity index (χ4v) is 4.49. The molecule has 2 aromatic heterocycles. The van der Waals surface area contributed by atoms with Gasteiger partial charge in [-0.25, -0.2) is 9.18 Å². The largest absolute Gasteiger partial charge is 0.507 e. The molecule has 8 nitrogen and oxygen atoms in total. The van der Waals surface area contributed by atoms with E-state index >= 15 is 0 Å². The van der Waals surface area contributed by atoms with Crippen molar-refractivity contribution >= 4 is 0 Å². The lowest BCUT2D eigenvalue weighted by molar-refractivity contribution is 0.00652. The van der Waals surface area contributed by atoms with Crippen molar-refractivity contribution < 1.29 is 14.2 Å². The summed E-state index contributed by atoms with van der Waals surface area (Å²) >= 11 is 0. The number of aromatic hydroxyl groups is 1. The third kappa shape index (κ3) is 3.95. The third-order valence-corrected chi connectivity index (χ3v) is 6.23. The molecule has 2 aliphatic rings. The van der Waals surface area contributed by atoms with Crippen LogP contribution in [0.3, 0.4) is 0 Å². The summed E-state index contributed by atoms with van der Waals surface area (Å²) in [4.78, 5) is 15.8. The fourth-order valence-electron chi connectivity index (χ4n) is 4.49. The SMILES string of the molecule is Cn1ccc(-c2ccc(-c3ccc(O[C@@H]4C[C@H]5CCC[C@H](N5)[C@@H]4F)nn3)c(O)c2)nc1=O. The molecule has 0 saturated carbocycles. The van der Waals surface area contributed by atoms with Crippen LogP contribution in [0.15, 0.2) is 47.4 Å². The molecule has 2 aliphatic heterocycles. The number of hydrogen-bond donors (Lipinski definition) is 2. The van der Waals surface area contributed by atoms with Gasteiger partial charge in [-0.3, -0.25) is 0 Å². The van der Waals surface area contributed by atoms with Crippen molar-refractivity contribution in [1.82, 2.24) is 25.1 Å². The number of phenolic OH excluding ortho intramolecular Hbond substituents is 1. The number of benzene rings is 1. The molecular weight excluding hydrogens is 413 g/mol. The number of aryl methyl sites for hydroxylation is 1. The molecule has 1 aromatic carbocycles. The number of fused-ring (bicyclic) bond motifs is 2. The Balaban J connectivity index is 1.32. The predicted octanol–water partition coefficient (Wildman–Crippen LogP) is 2.61. The molecule has 0 spiro atoms. The average molecular weight is 437 g/mol. The minimum absolute atomic E-state index is 0.0112. The van der Waals surface area contributed by atoms with Gasteiger partial charge in [0.15, 0.2) is 6.17 Å². The summed E-state index contributed by atoms with van der Waals surface area (Å²) in [7, 11) is 1.62. The molecule has 2 N–H and O–H groups in total. The van der Waals surface area contributed by atoms with E-state index in [9.17, 15) is 14.3 Å². The zero-order valence-electron chi connectivity index (χ0n) is 17.6. The number of phenols is 1. The molecule has 0 unspecified atom stereocenters. The van der Waals surface area contributed by atoms with Gasteiger partial charge in [-0.2, -0.15) is 4.98 Å². The first kappa shape index (κ1) is 20.6. The van der Waals surface area contributed by atoms with Crippen molar-refractivity contribution in [2.45, 2.75) is 50.0 Å². The molecule has 0 amide bonds. The van der Waals surface area contributed by atoms with E-state index in [0.717, 1.165) is 19.3 Å². The summed E-state index contributed by atoms with van der Waals surface area (Å²) in [6.45, 7) is 0. The Hall–Kier alpha value is -3.33. The second kappa shape index (κ2) is 8.31. The first-order chi connectivity index (χ1) is 15.5. The summed E-state index contributed by atoms with van der Waals surface area (Å²) in [6, 6.07) is 10.1. The fraction of sp³-hybridized carbons (Fsp3) is 0.391. The maximum atomic E-state index is 14.7. The lowest BCUT2D eigenvalue weighted by Crippen LogP contribution is -2.59. The summed E-state index contributed by atoms with van der Waals surface area (Å²) in [5.41, 5.74) is 1.65. The molecule has 166 valence electrons. The van der Waals surface area contributed by atoms with Gasteiger partial charge in [0, 0.05) is 48.9 Å². The molecule has 2 bridgehead atoms.